The Morgan fingerprint density at radius 1 is 1.10 bits per heavy atom. The van der Waals surface area contributed by atoms with Crippen LogP contribution in [0.25, 0.3) is 11.4 Å². The number of hydrogen-bond acceptors (Lipinski definition) is 3. The molecule has 31 heavy (non-hydrogen) atoms. The maximum absolute atomic E-state index is 15.0. The molecule has 1 unspecified atom stereocenters. The summed E-state index contributed by atoms with van der Waals surface area (Å²) in [5, 5.41) is 0. The standard InChI is InChI=1S/C24H22F4N2O/c1-3-8-16-14-29-23(30-15-16)19-12-18(9-4-2)21(20(25)13-19)31-22(24(26,27)28)17-10-6-5-7-11-17/h4-7,10-15,22H,2-3,8-9H2,1H3. The lowest BCUT2D eigenvalue weighted by molar-refractivity contribution is -0.198. The van der Waals surface area contributed by atoms with Crippen molar-refractivity contribution < 1.29 is 22.3 Å². The number of hydrogen-bond donors (Lipinski definition) is 0. The Morgan fingerprint density at radius 3 is 2.35 bits per heavy atom. The molecule has 0 spiro atoms. The smallest absolute Gasteiger partial charge is 0.429 e. The molecule has 1 heterocycles. The van der Waals surface area contributed by atoms with E-state index in [1.807, 2.05) is 6.92 Å². The minimum absolute atomic E-state index is 0.113. The van der Waals surface area contributed by atoms with E-state index in [9.17, 15) is 13.2 Å². The average molecular weight is 430 g/mol. The molecule has 0 bridgehead atoms. The van der Waals surface area contributed by atoms with Crippen molar-refractivity contribution in [2.45, 2.75) is 38.5 Å². The van der Waals surface area contributed by atoms with Crippen LogP contribution in [0.4, 0.5) is 17.6 Å². The number of benzene rings is 2. The Kier molecular flexibility index (Phi) is 7.05. The second-order valence-electron chi connectivity index (χ2n) is 7.05. The molecule has 0 fully saturated rings. The third kappa shape index (κ3) is 5.48. The molecule has 3 nitrogen and oxygen atoms in total. The number of halogens is 4. The van der Waals surface area contributed by atoms with Gasteiger partial charge in [0.05, 0.1) is 0 Å². The van der Waals surface area contributed by atoms with Gasteiger partial charge in [0, 0.05) is 29.1 Å². The summed E-state index contributed by atoms with van der Waals surface area (Å²) in [4.78, 5) is 8.53. The van der Waals surface area contributed by atoms with E-state index >= 15 is 4.39 Å². The second-order valence-corrected chi connectivity index (χ2v) is 7.05. The van der Waals surface area contributed by atoms with Crippen LogP contribution >= 0.6 is 0 Å². The van der Waals surface area contributed by atoms with Gasteiger partial charge >= 0.3 is 6.18 Å². The van der Waals surface area contributed by atoms with Crippen LogP contribution in [0.2, 0.25) is 0 Å². The first-order valence-electron chi connectivity index (χ1n) is 9.86. The zero-order chi connectivity index (χ0) is 22.4. The molecule has 3 rings (SSSR count). The highest BCUT2D eigenvalue weighted by Crippen LogP contribution is 2.39. The van der Waals surface area contributed by atoms with Crippen LogP contribution in [0, 0.1) is 5.82 Å². The van der Waals surface area contributed by atoms with Crippen molar-refractivity contribution in [3.63, 3.8) is 0 Å². The number of ether oxygens (including phenoxy) is 1. The molecule has 2 aromatic carbocycles. The summed E-state index contributed by atoms with van der Waals surface area (Å²) in [5.74, 6) is -1.09. The van der Waals surface area contributed by atoms with Gasteiger partial charge in [-0.1, -0.05) is 49.8 Å². The maximum atomic E-state index is 15.0. The molecule has 0 aliphatic rings. The van der Waals surface area contributed by atoms with Gasteiger partial charge < -0.3 is 4.74 Å². The largest absolute Gasteiger partial charge is 0.473 e. The first-order chi connectivity index (χ1) is 14.8. The average Bonchev–Trinajstić information content (AvgIpc) is 2.74. The Morgan fingerprint density at radius 2 is 1.77 bits per heavy atom. The fraction of sp³-hybridized carbons (Fsp3) is 0.250. The molecular weight excluding hydrogens is 408 g/mol. The molecular formula is C24H22F4N2O. The summed E-state index contributed by atoms with van der Waals surface area (Å²) in [7, 11) is 0. The van der Waals surface area contributed by atoms with Crippen LogP contribution in [-0.2, 0) is 12.8 Å². The highest BCUT2D eigenvalue weighted by molar-refractivity contribution is 5.59. The summed E-state index contributed by atoms with van der Waals surface area (Å²) in [6.07, 6.45) is -0.351. The summed E-state index contributed by atoms with van der Waals surface area (Å²) in [6, 6.07) is 9.76. The topological polar surface area (TPSA) is 35.0 Å². The first-order valence-corrected chi connectivity index (χ1v) is 9.86. The molecule has 1 aromatic heterocycles. The van der Waals surface area contributed by atoms with Gasteiger partial charge in [-0.15, -0.1) is 6.58 Å². The highest BCUT2D eigenvalue weighted by Gasteiger charge is 2.43. The molecule has 0 saturated heterocycles. The number of allylic oxidation sites excluding steroid dienone is 1. The van der Waals surface area contributed by atoms with E-state index < -0.39 is 23.8 Å². The number of rotatable bonds is 8. The minimum Gasteiger partial charge on any atom is -0.473 e. The van der Waals surface area contributed by atoms with Crippen molar-refractivity contribution >= 4 is 0 Å². The van der Waals surface area contributed by atoms with E-state index in [0.717, 1.165) is 24.5 Å². The summed E-state index contributed by atoms with van der Waals surface area (Å²) < 4.78 is 61.3. The maximum Gasteiger partial charge on any atom is 0.429 e. The second kappa shape index (κ2) is 9.73. The van der Waals surface area contributed by atoms with E-state index in [2.05, 4.69) is 16.5 Å². The first kappa shape index (κ1) is 22.5. The van der Waals surface area contributed by atoms with Gasteiger partial charge in [0.2, 0.25) is 6.10 Å². The van der Waals surface area contributed by atoms with Gasteiger partial charge in [-0.05, 0) is 30.5 Å². The molecule has 7 heteroatoms. The Labute approximate surface area is 178 Å². The van der Waals surface area contributed by atoms with Crippen molar-refractivity contribution in [2.75, 3.05) is 0 Å². The van der Waals surface area contributed by atoms with E-state index in [1.54, 1.807) is 18.5 Å². The van der Waals surface area contributed by atoms with E-state index in [0.29, 0.717) is 5.56 Å². The van der Waals surface area contributed by atoms with Crippen LogP contribution in [0.15, 0.2) is 67.5 Å². The van der Waals surface area contributed by atoms with Gasteiger partial charge in [0.1, 0.15) is 0 Å². The molecule has 0 radical (unpaired) electrons. The molecule has 0 saturated carbocycles. The molecule has 1 atom stereocenters. The van der Waals surface area contributed by atoms with Gasteiger partial charge in [0.15, 0.2) is 17.4 Å². The third-order valence-corrected chi connectivity index (χ3v) is 4.62. The van der Waals surface area contributed by atoms with Crippen LogP contribution in [0.3, 0.4) is 0 Å². The molecule has 162 valence electrons. The third-order valence-electron chi connectivity index (χ3n) is 4.62. The zero-order valence-corrected chi connectivity index (χ0v) is 17.0. The molecule has 0 aliphatic heterocycles. The van der Waals surface area contributed by atoms with Gasteiger partial charge in [-0.3, -0.25) is 0 Å². The van der Waals surface area contributed by atoms with Crippen LogP contribution in [-0.4, -0.2) is 16.1 Å². The molecule has 0 N–H and O–H groups in total. The quantitative estimate of drug-likeness (QED) is 0.297. The highest BCUT2D eigenvalue weighted by atomic mass is 19.4. The number of aromatic nitrogens is 2. The van der Waals surface area contributed by atoms with Crippen LogP contribution in [0.5, 0.6) is 5.75 Å². The Balaban J connectivity index is 2.01. The van der Waals surface area contributed by atoms with Gasteiger partial charge in [0.25, 0.3) is 0 Å². The summed E-state index contributed by atoms with van der Waals surface area (Å²) in [6.45, 7) is 5.65. The predicted molar refractivity (Wildman–Crippen MR) is 111 cm³/mol. The van der Waals surface area contributed by atoms with Crippen molar-refractivity contribution in [1.82, 2.24) is 9.97 Å². The fourth-order valence-electron chi connectivity index (χ4n) is 3.21. The summed E-state index contributed by atoms with van der Waals surface area (Å²) in [5.41, 5.74) is 1.43. The van der Waals surface area contributed by atoms with E-state index in [-0.39, 0.29) is 23.4 Å². The van der Waals surface area contributed by atoms with Crippen LogP contribution in [0.1, 0.15) is 36.1 Å². The lowest BCUT2D eigenvalue weighted by atomic mass is 10.0. The lowest BCUT2D eigenvalue weighted by Gasteiger charge is -2.24. The Bertz CT molecular complexity index is 1020. The van der Waals surface area contributed by atoms with Crippen LogP contribution < -0.4 is 4.74 Å². The molecule has 0 amide bonds. The minimum atomic E-state index is -4.73. The molecule has 0 aliphatic carbocycles. The van der Waals surface area contributed by atoms with E-state index in [1.165, 1.54) is 36.4 Å². The van der Waals surface area contributed by atoms with Crippen molar-refractivity contribution in [2.24, 2.45) is 0 Å². The predicted octanol–water partition coefficient (Wildman–Crippen LogP) is 6.65. The Hall–Kier alpha value is -3.22. The summed E-state index contributed by atoms with van der Waals surface area (Å²) >= 11 is 0. The van der Waals surface area contributed by atoms with Crippen molar-refractivity contribution in [1.29, 1.82) is 0 Å². The lowest BCUT2D eigenvalue weighted by Crippen LogP contribution is -2.26. The number of nitrogens with zero attached hydrogens (tertiary/aromatic N) is 2. The SMILES string of the molecule is C=CCc1cc(-c2ncc(CCC)cn2)cc(F)c1OC(c1ccccc1)C(F)(F)F. The van der Waals surface area contributed by atoms with Gasteiger partial charge in [-0.25, -0.2) is 14.4 Å². The zero-order valence-electron chi connectivity index (χ0n) is 17.0. The van der Waals surface area contributed by atoms with Gasteiger partial charge in [-0.2, -0.15) is 13.2 Å². The van der Waals surface area contributed by atoms with Crippen molar-refractivity contribution in [3.8, 4) is 17.1 Å². The van der Waals surface area contributed by atoms with Crippen molar-refractivity contribution in [3.05, 3.63) is 90.0 Å². The van der Waals surface area contributed by atoms with E-state index in [4.69, 9.17) is 4.74 Å². The fourth-order valence-corrected chi connectivity index (χ4v) is 3.21. The number of alkyl halides is 3. The monoisotopic (exact) mass is 430 g/mol. The normalized spacial score (nSPS) is 12.4. The molecule has 3 aromatic rings. The number of aryl methyl sites for hydroxylation is 1.